The second-order valence-corrected chi connectivity index (χ2v) is 5.03. The van der Waals surface area contributed by atoms with Crippen LogP contribution in [0.3, 0.4) is 0 Å². The summed E-state index contributed by atoms with van der Waals surface area (Å²) >= 11 is 0. The second-order valence-electron chi connectivity index (χ2n) is 5.03. The zero-order valence-electron chi connectivity index (χ0n) is 9.52. The lowest BCUT2D eigenvalue weighted by molar-refractivity contribution is 0.489. The highest BCUT2D eigenvalue weighted by Gasteiger charge is 2.25. The van der Waals surface area contributed by atoms with Crippen LogP contribution in [0.4, 0.5) is 0 Å². The molecule has 14 heavy (non-hydrogen) atoms. The largest absolute Gasteiger partial charge is 0.330 e. The fraction of sp³-hybridized carbons (Fsp3) is 0.727. The summed E-state index contributed by atoms with van der Waals surface area (Å²) in [7, 11) is 0. The monoisotopic (exact) mass is 193 g/mol. The maximum Gasteiger partial charge on any atom is 0.106 e. The minimum Gasteiger partial charge on any atom is -0.330 e. The van der Waals surface area contributed by atoms with E-state index >= 15 is 0 Å². The Kier molecular flexibility index (Phi) is 2.14. The summed E-state index contributed by atoms with van der Waals surface area (Å²) in [6, 6.07) is 0. The molecule has 0 aliphatic carbocycles. The molecule has 2 heterocycles. The van der Waals surface area contributed by atoms with Crippen LogP contribution in [-0.2, 0) is 18.5 Å². The zero-order chi connectivity index (χ0) is 10.3. The molecule has 1 aliphatic rings. The lowest BCUT2D eigenvalue weighted by atomic mass is 9.90. The molecular formula is C11H19N3. The molecule has 0 unspecified atom stereocenters. The zero-order valence-corrected chi connectivity index (χ0v) is 9.52. The molecule has 0 bridgehead atoms. The van der Waals surface area contributed by atoms with Crippen LogP contribution in [0.1, 0.15) is 38.0 Å². The van der Waals surface area contributed by atoms with Crippen molar-refractivity contribution in [3.63, 3.8) is 0 Å². The Balaban J connectivity index is 2.52. The molecule has 2 rings (SSSR count). The van der Waals surface area contributed by atoms with E-state index in [4.69, 9.17) is 0 Å². The van der Waals surface area contributed by atoms with Gasteiger partial charge >= 0.3 is 0 Å². The number of aromatic nitrogens is 2. The van der Waals surface area contributed by atoms with Gasteiger partial charge in [0, 0.05) is 25.0 Å². The first kappa shape index (κ1) is 9.71. The Morgan fingerprint density at radius 1 is 1.36 bits per heavy atom. The molecule has 78 valence electrons. The Morgan fingerprint density at radius 2 is 2.07 bits per heavy atom. The summed E-state index contributed by atoms with van der Waals surface area (Å²) in [5.41, 5.74) is 2.79. The van der Waals surface area contributed by atoms with Gasteiger partial charge in [0.05, 0.1) is 11.4 Å². The van der Waals surface area contributed by atoms with Crippen molar-refractivity contribution >= 4 is 0 Å². The maximum absolute atomic E-state index is 4.69. The third kappa shape index (κ3) is 1.46. The quantitative estimate of drug-likeness (QED) is 0.678. The van der Waals surface area contributed by atoms with Crippen LogP contribution in [0.15, 0.2) is 0 Å². The molecule has 0 amide bonds. The molecule has 0 atom stereocenters. The average Bonchev–Trinajstić information content (AvgIpc) is 2.44. The molecule has 1 aliphatic heterocycles. The SMILES string of the molecule is Cc1nc(C(C)(C)C)c2n1CCNC2. The molecule has 0 fully saturated rings. The van der Waals surface area contributed by atoms with Crippen LogP contribution in [0.2, 0.25) is 0 Å². The highest BCUT2D eigenvalue weighted by atomic mass is 15.2. The number of aryl methyl sites for hydroxylation is 1. The number of nitrogens with zero attached hydrogens (tertiary/aromatic N) is 2. The van der Waals surface area contributed by atoms with E-state index in [-0.39, 0.29) is 5.41 Å². The number of imidazole rings is 1. The van der Waals surface area contributed by atoms with Crippen molar-refractivity contribution in [3.05, 3.63) is 17.2 Å². The summed E-state index contributed by atoms with van der Waals surface area (Å²) in [4.78, 5) is 4.69. The van der Waals surface area contributed by atoms with Gasteiger partial charge in [-0.1, -0.05) is 20.8 Å². The smallest absolute Gasteiger partial charge is 0.106 e. The van der Waals surface area contributed by atoms with Crippen LogP contribution < -0.4 is 5.32 Å². The van der Waals surface area contributed by atoms with E-state index in [0.717, 1.165) is 25.5 Å². The second kappa shape index (κ2) is 3.09. The van der Waals surface area contributed by atoms with Crippen LogP contribution in [0, 0.1) is 6.92 Å². The van der Waals surface area contributed by atoms with E-state index in [9.17, 15) is 0 Å². The standard InChI is InChI=1S/C11H19N3/c1-8-13-10(11(2,3)4)9-7-12-5-6-14(8)9/h12H,5-7H2,1-4H3. The molecule has 3 nitrogen and oxygen atoms in total. The number of rotatable bonds is 0. The van der Waals surface area contributed by atoms with Crippen molar-refractivity contribution in [1.82, 2.24) is 14.9 Å². The van der Waals surface area contributed by atoms with Gasteiger partial charge in [-0.05, 0) is 6.92 Å². The minimum atomic E-state index is 0.157. The van der Waals surface area contributed by atoms with Crippen molar-refractivity contribution in [2.24, 2.45) is 0 Å². The van der Waals surface area contributed by atoms with Gasteiger partial charge in [0.1, 0.15) is 5.82 Å². The average molecular weight is 193 g/mol. The van der Waals surface area contributed by atoms with Crippen molar-refractivity contribution in [2.45, 2.75) is 46.2 Å². The van der Waals surface area contributed by atoms with Crippen LogP contribution >= 0.6 is 0 Å². The topological polar surface area (TPSA) is 29.9 Å². The van der Waals surface area contributed by atoms with Crippen LogP contribution in [0.5, 0.6) is 0 Å². The Labute approximate surface area is 85.5 Å². The van der Waals surface area contributed by atoms with Crippen LogP contribution in [-0.4, -0.2) is 16.1 Å². The van der Waals surface area contributed by atoms with E-state index in [1.807, 2.05) is 0 Å². The van der Waals surface area contributed by atoms with E-state index in [1.54, 1.807) is 0 Å². The lowest BCUT2D eigenvalue weighted by Gasteiger charge is -2.22. The first-order chi connectivity index (χ1) is 6.50. The van der Waals surface area contributed by atoms with Crippen molar-refractivity contribution in [1.29, 1.82) is 0 Å². The van der Waals surface area contributed by atoms with Gasteiger partial charge in [-0.2, -0.15) is 0 Å². The molecule has 0 radical (unpaired) electrons. The van der Waals surface area contributed by atoms with E-state index in [1.165, 1.54) is 11.4 Å². The van der Waals surface area contributed by atoms with Crippen molar-refractivity contribution in [2.75, 3.05) is 6.54 Å². The van der Waals surface area contributed by atoms with Gasteiger partial charge in [-0.25, -0.2) is 4.98 Å². The molecule has 0 saturated heterocycles. The Morgan fingerprint density at radius 3 is 2.71 bits per heavy atom. The van der Waals surface area contributed by atoms with E-state index < -0.39 is 0 Å². The number of nitrogens with one attached hydrogen (secondary N) is 1. The van der Waals surface area contributed by atoms with Crippen molar-refractivity contribution in [3.8, 4) is 0 Å². The fourth-order valence-corrected chi connectivity index (χ4v) is 2.08. The summed E-state index contributed by atoms with van der Waals surface area (Å²) in [6.45, 7) is 11.9. The van der Waals surface area contributed by atoms with Gasteiger partial charge in [-0.3, -0.25) is 0 Å². The third-order valence-electron chi connectivity index (χ3n) is 2.78. The van der Waals surface area contributed by atoms with Crippen LogP contribution in [0.25, 0.3) is 0 Å². The highest BCUT2D eigenvalue weighted by Crippen LogP contribution is 2.26. The van der Waals surface area contributed by atoms with E-state index in [2.05, 4.69) is 42.6 Å². The Bertz CT molecular complexity index is 344. The lowest BCUT2D eigenvalue weighted by Crippen LogP contribution is -2.30. The fourth-order valence-electron chi connectivity index (χ4n) is 2.08. The summed E-state index contributed by atoms with van der Waals surface area (Å²) in [5, 5.41) is 3.41. The minimum absolute atomic E-state index is 0.157. The van der Waals surface area contributed by atoms with Gasteiger partial charge in [0.2, 0.25) is 0 Å². The Hall–Kier alpha value is -0.830. The van der Waals surface area contributed by atoms with E-state index in [0.29, 0.717) is 0 Å². The molecule has 0 spiro atoms. The predicted octanol–water partition coefficient (Wildman–Crippen LogP) is 1.59. The maximum atomic E-state index is 4.69. The van der Waals surface area contributed by atoms with Gasteiger partial charge in [0.25, 0.3) is 0 Å². The molecule has 0 saturated carbocycles. The first-order valence-electron chi connectivity index (χ1n) is 5.27. The summed E-state index contributed by atoms with van der Waals surface area (Å²) in [5.74, 6) is 1.16. The summed E-state index contributed by atoms with van der Waals surface area (Å²) < 4.78 is 2.34. The van der Waals surface area contributed by atoms with Gasteiger partial charge in [-0.15, -0.1) is 0 Å². The summed E-state index contributed by atoms with van der Waals surface area (Å²) in [6.07, 6.45) is 0. The molecule has 3 heteroatoms. The van der Waals surface area contributed by atoms with Gasteiger partial charge < -0.3 is 9.88 Å². The molecule has 1 aromatic heterocycles. The van der Waals surface area contributed by atoms with Gasteiger partial charge in [0.15, 0.2) is 0 Å². The molecule has 1 aromatic rings. The first-order valence-corrected chi connectivity index (χ1v) is 5.27. The number of hydrogen-bond donors (Lipinski definition) is 1. The third-order valence-corrected chi connectivity index (χ3v) is 2.78. The molecule has 0 aromatic carbocycles. The molecular weight excluding hydrogens is 174 g/mol. The number of fused-ring (bicyclic) bond motifs is 1. The highest BCUT2D eigenvalue weighted by molar-refractivity contribution is 5.24. The number of hydrogen-bond acceptors (Lipinski definition) is 2. The normalized spacial score (nSPS) is 16.9. The van der Waals surface area contributed by atoms with Crippen molar-refractivity contribution < 1.29 is 0 Å². The predicted molar refractivity (Wildman–Crippen MR) is 57.4 cm³/mol. The molecule has 1 N–H and O–H groups in total.